The molecule has 1 aromatic carbocycles. The van der Waals surface area contributed by atoms with E-state index in [-0.39, 0.29) is 11.8 Å². The number of ether oxygens (including phenoxy) is 1. The number of benzene rings is 1. The van der Waals surface area contributed by atoms with Crippen LogP contribution in [0.2, 0.25) is 0 Å². The summed E-state index contributed by atoms with van der Waals surface area (Å²) in [6.45, 7) is 2.44. The molecule has 0 aliphatic carbocycles. The summed E-state index contributed by atoms with van der Waals surface area (Å²) in [7, 11) is 1.61. The molecule has 0 radical (unpaired) electrons. The second kappa shape index (κ2) is 7.60. The second-order valence-electron chi connectivity index (χ2n) is 5.73. The summed E-state index contributed by atoms with van der Waals surface area (Å²) in [4.78, 5) is 26.1. The van der Waals surface area contributed by atoms with E-state index in [0.29, 0.717) is 29.5 Å². The molecule has 2 heterocycles. The van der Waals surface area contributed by atoms with Gasteiger partial charge in [-0.3, -0.25) is 14.9 Å². The number of likely N-dealkylation sites (tertiary alicyclic amines) is 1. The summed E-state index contributed by atoms with van der Waals surface area (Å²) < 4.78 is 5.14. The van der Waals surface area contributed by atoms with Gasteiger partial charge in [0.25, 0.3) is 0 Å². The van der Waals surface area contributed by atoms with Gasteiger partial charge in [0, 0.05) is 18.5 Å². The number of nitrogens with zero attached hydrogens (tertiary/aromatic N) is 3. The molecule has 3 rings (SSSR count). The molecule has 1 aromatic heterocycles. The normalized spacial score (nSPS) is 16.7. The second-order valence-corrected chi connectivity index (χ2v) is 6.71. The van der Waals surface area contributed by atoms with Gasteiger partial charge in [0.15, 0.2) is 0 Å². The van der Waals surface area contributed by atoms with Gasteiger partial charge >= 0.3 is 0 Å². The highest BCUT2D eigenvalue weighted by molar-refractivity contribution is 7.18. The van der Waals surface area contributed by atoms with E-state index in [2.05, 4.69) is 15.5 Å². The Morgan fingerprint density at radius 2 is 2.08 bits per heavy atom. The van der Waals surface area contributed by atoms with Crippen molar-refractivity contribution < 1.29 is 14.3 Å². The monoisotopic (exact) mass is 360 g/mol. The van der Waals surface area contributed by atoms with Crippen molar-refractivity contribution in [1.82, 2.24) is 15.1 Å². The highest BCUT2D eigenvalue weighted by atomic mass is 32.1. The molecule has 0 spiro atoms. The number of aromatic nitrogens is 2. The highest BCUT2D eigenvalue weighted by Crippen LogP contribution is 2.28. The lowest BCUT2D eigenvalue weighted by molar-refractivity contribution is -0.136. The Bertz CT molecular complexity index is 760. The molecule has 1 N–H and O–H groups in total. The van der Waals surface area contributed by atoms with Crippen LogP contribution in [0, 0.1) is 0 Å². The Morgan fingerprint density at radius 1 is 1.32 bits per heavy atom. The minimum absolute atomic E-state index is 0.00818. The molecule has 0 saturated carbocycles. The Morgan fingerprint density at radius 3 is 2.76 bits per heavy atom. The Kier molecular flexibility index (Phi) is 5.28. The van der Waals surface area contributed by atoms with Crippen LogP contribution in [0.1, 0.15) is 26.2 Å². The number of amides is 2. The maximum absolute atomic E-state index is 12.5. The SMILES string of the molecule is CCC(=O)N1CCCC1C(=O)Nc1nnc(-c2ccc(OC)cc2)s1. The fourth-order valence-electron chi connectivity index (χ4n) is 2.85. The van der Waals surface area contributed by atoms with Gasteiger partial charge in [-0.05, 0) is 37.1 Å². The van der Waals surface area contributed by atoms with Crippen LogP contribution >= 0.6 is 11.3 Å². The van der Waals surface area contributed by atoms with E-state index < -0.39 is 6.04 Å². The maximum atomic E-state index is 12.5. The molecule has 1 aliphatic heterocycles. The van der Waals surface area contributed by atoms with Crippen molar-refractivity contribution in [2.75, 3.05) is 19.0 Å². The fourth-order valence-corrected chi connectivity index (χ4v) is 3.61. The van der Waals surface area contributed by atoms with Gasteiger partial charge in [-0.1, -0.05) is 18.3 Å². The number of carbonyl (C=O) groups excluding carboxylic acids is 2. The fraction of sp³-hybridized carbons (Fsp3) is 0.412. The number of hydrogen-bond donors (Lipinski definition) is 1. The third-order valence-corrected chi connectivity index (χ3v) is 5.06. The summed E-state index contributed by atoms with van der Waals surface area (Å²) >= 11 is 1.30. The minimum Gasteiger partial charge on any atom is -0.497 e. The van der Waals surface area contributed by atoms with Crippen molar-refractivity contribution in [3.8, 4) is 16.3 Å². The summed E-state index contributed by atoms with van der Waals surface area (Å²) in [6, 6.07) is 7.07. The largest absolute Gasteiger partial charge is 0.497 e. The number of nitrogens with one attached hydrogen (secondary N) is 1. The first-order valence-corrected chi connectivity index (χ1v) is 9.02. The van der Waals surface area contributed by atoms with Gasteiger partial charge in [-0.15, -0.1) is 10.2 Å². The Hall–Kier alpha value is -2.48. The first-order chi connectivity index (χ1) is 12.1. The van der Waals surface area contributed by atoms with E-state index in [4.69, 9.17) is 4.74 Å². The van der Waals surface area contributed by atoms with Gasteiger partial charge in [-0.2, -0.15) is 0 Å². The molecule has 2 amide bonds. The highest BCUT2D eigenvalue weighted by Gasteiger charge is 2.33. The van der Waals surface area contributed by atoms with E-state index >= 15 is 0 Å². The number of methoxy groups -OCH3 is 1. The molecule has 7 nitrogen and oxygen atoms in total. The van der Waals surface area contributed by atoms with Crippen LogP contribution in [0.3, 0.4) is 0 Å². The van der Waals surface area contributed by atoms with Crippen LogP contribution < -0.4 is 10.1 Å². The average Bonchev–Trinajstić information content (AvgIpc) is 3.30. The lowest BCUT2D eigenvalue weighted by Gasteiger charge is -2.22. The standard InChI is InChI=1S/C17H20N4O3S/c1-3-14(22)21-10-4-5-13(21)15(23)18-17-20-19-16(25-17)11-6-8-12(24-2)9-7-11/h6-9,13H,3-5,10H2,1-2H3,(H,18,20,23). The third kappa shape index (κ3) is 3.79. The zero-order valence-electron chi connectivity index (χ0n) is 14.2. The molecule has 0 bridgehead atoms. The zero-order valence-corrected chi connectivity index (χ0v) is 15.0. The van der Waals surface area contributed by atoms with Gasteiger partial charge in [0.1, 0.15) is 16.8 Å². The smallest absolute Gasteiger partial charge is 0.249 e. The maximum Gasteiger partial charge on any atom is 0.249 e. The van der Waals surface area contributed by atoms with Crippen molar-refractivity contribution >= 4 is 28.3 Å². The first kappa shape index (κ1) is 17.3. The van der Waals surface area contributed by atoms with Crippen molar-refractivity contribution in [3.05, 3.63) is 24.3 Å². The van der Waals surface area contributed by atoms with Gasteiger partial charge < -0.3 is 9.64 Å². The molecule has 1 saturated heterocycles. The van der Waals surface area contributed by atoms with E-state index in [1.807, 2.05) is 31.2 Å². The van der Waals surface area contributed by atoms with Crippen LogP contribution in [0.25, 0.3) is 10.6 Å². The summed E-state index contributed by atoms with van der Waals surface area (Å²) in [5.74, 6) is 0.578. The van der Waals surface area contributed by atoms with Gasteiger partial charge in [0.05, 0.1) is 7.11 Å². The Balaban J connectivity index is 1.68. The van der Waals surface area contributed by atoms with E-state index in [9.17, 15) is 9.59 Å². The van der Waals surface area contributed by atoms with E-state index in [1.54, 1.807) is 12.0 Å². The molecule has 1 fully saturated rings. The van der Waals surface area contributed by atoms with Gasteiger partial charge in [0.2, 0.25) is 16.9 Å². The quantitative estimate of drug-likeness (QED) is 0.886. The number of carbonyl (C=O) groups is 2. The van der Waals surface area contributed by atoms with Crippen molar-refractivity contribution in [2.45, 2.75) is 32.2 Å². The van der Waals surface area contributed by atoms with Crippen molar-refractivity contribution in [3.63, 3.8) is 0 Å². The molecule has 2 aromatic rings. The number of rotatable bonds is 5. The Labute approximate surface area is 150 Å². The average molecular weight is 360 g/mol. The number of hydrogen-bond acceptors (Lipinski definition) is 6. The molecule has 1 unspecified atom stereocenters. The predicted octanol–water partition coefficient (Wildman–Crippen LogP) is 2.55. The van der Waals surface area contributed by atoms with Crippen LogP contribution in [-0.2, 0) is 9.59 Å². The van der Waals surface area contributed by atoms with E-state index in [1.165, 1.54) is 11.3 Å². The lowest BCUT2D eigenvalue weighted by atomic mass is 10.2. The van der Waals surface area contributed by atoms with E-state index in [0.717, 1.165) is 17.7 Å². The van der Waals surface area contributed by atoms with Crippen LogP contribution in [0.15, 0.2) is 24.3 Å². The van der Waals surface area contributed by atoms with Crippen molar-refractivity contribution in [2.24, 2.45) is 0 Å². The molecule has 25 heavy (non-hydrogen) atoms. The zero-order chi connectivity index (χ0) is 17.8. The summed E-state index contributed by atoms with van der Waals surface area (Å²) in [6.07, 6.45) is 1.93. The molecule has 1 aliphatic rings. The third-order valence-electron chi connectivity index (χ3n) is 4.17. The predicted molar refractivity (Wildman–Crippen MR) is 95.6 cm³/mol. The van der Waals surface area contributed by atoms with Gasteiger partial charge in [-0.25, -0.2) is 0 Å². The lowest BCUT2D eigenvalue weighted by Crippen LogP contribution is -2.42. The molecule has 1 atom stereocenters. The molecular formula is C17H20N4O3S. The summed E-state index contributed by atoms with van der Waals surface area (Å²) in [5.41, 5.74) is 0.905. The molecule has 132 valence electrons. The topological polar surface area (TPSA) is 84.4 Å². The molecular weight excluding hydrogens is 340 g/mol. The number of anilines is 1. The van der Waals surface area contributed by atoms with Crippen LogP contribution in [0.5, 0.6) is 5.75 Å². The molecule has 8 heteroatoms. The van der Waals surface area contributed by atoms with Crippen LogP contribution in [-0.4, -0.2) is 46.6 Å². The minimum atomic E-state index is -0.416. The van der Waals surface area contributed by atoms with Crippen molar-refractivity contribution in [1.29, 1.82) is 0 Å². The van der Waals surface area contributed by atoms with Crippen LogP contribution in [0.4, 0.5) is 5.13 Å². The summed E-state index contributed by atoms with van der Waals surface area (Å²) in [5, 5.41) is 12.1. The first-order valence-electron chi connectivity index (χ1n) is 8.20.